The molecule has 0 aliphatic heterocycles. The molecule has 0 aromatic heterocycles. The molecule has 0 unspecified atom stereocenters. The average molecular weight is 186 g/mol. The number of terminal acetylenes is 1. The second-order valence-corrected chi connectivity index (χ2v) is 4.16. The van der Waals surface area contributed by atoms with Gasteiger partial charge in [-0.1, -0.05) is 0 Å². The summed E-state index contributed by atoms with van der Waals surface area (Å²) in [5, 5.41) is 0. The maximum atomic E-state index is 10.2. The van der Waals surface area contributed by atoms with E-state index in [4.69, 9.17) is 14.7 Å². The highest BCUT2D eigenvalue weighted by Gasteiger charge is 2.28. The van der Waals surface area contributed by atoms with Crippen molar-refractivity contribution in [3.63, 3.8) is 0 Å². The van der Waals surface area contributed by atoms with Crippen molar-refractivity contribution in [1.29, 1.82) is 0 Å². The lowest BCUT2D eigenvalue weighted by molar-refractivity contribution is 0.268. The molecule has 0 saturated carbocycles. The van der Waals surface area contributed by atoms with Crippen LogP contribution in [0.25, 0.3) is 0 Å². The van der Waals surface area contributed by atoms with E-state index >= 15 is 0 Å². The third kappa shape index (κ3) is 4.71. The first-order chi connectivity index (χ1) is 4.27. The second-order valence-electron chi connectivity index (χ2n) is 1.22. The van der Waals surface area contributed by atoms with Gasteiger partial charge in [0, 0.05) is 5.66 Å². The molecule has 0 aromatic rings. The fourth-order valence-electron chi connectivity index (χ4n) is 0.168. The third-order valence-corrected chi connectivity index (χ3v) is 2.44. The SMILES string of the molecule is C#C[P@@](=O)(O)OP(=O)(O)O. The van der Waals surface area contributed by atoms with Crippen molar-refractivity contribution in [3.05, 3.63) is 0 Å². The molecule has 0 heterocycles. The summed E-state index contributed by atoms with van der Waals surface area (Å²) >= 11 is 0. The molecule has 10 heavy (non-hydrogen) atoms. The monoisotopic (exact) mass is 186 g/mol. The Morgan fingerprint density at radius 2 is 1.70 bits per heavy atom. The van der Waals surface area contributed by atoms with Gasteiger partial charge in [-0.3, -0.25) is 0 Å². The van der Waals surface area contributed by atoms with Crippen molar-refractivity contribution in [2.45, 2.75) is 0 Å². The maximum absolute atomic E-state index is 10.2. The Morgan fingerprint density at radius 3 is 1.80 bits per heavy atom. The van der Waals surface area contributed by atoms with Crippen LogP contribution in [0.1, 0.15) is 0 Å². The van der Waals surface area contributed by atoms with E-state index in [1.807, 2.05) is 0 Å². The van der Waals surface area contributed by atoms with Gasteiger partial charge in [-0.2, -0.15) is 4.31 Å². The second kappa shape index (κ2) is 2.85. The highest BCUT2D eigenvalue weighted by atomic mass is 31.3. The Balaban J connectivity index is 4.36. The van der Waals surface area contributed by atoms with Crippen LogP contribution < -0.4 is 0 Å². The smallest absolute Gasteiger partial charge is 0.315 e. The van der Waals surface area contributed by atoms with E-state index in [2.05, 4.69) is 10.7 Å². The van der Waals surface area contributed by atoms with E-state index in [1.165, 1.54) is 5.66 Å². The fourth-order valence-corrected chi connectivity index (χ4v) is 1.51. The third-order valence-electron chi connectivity index (χ3n) is 0.380. The number of hydrogen-bond acceptors (Lipinski definition) is 3. The summed E-state index contributed by atoms with van der Waals surface area (Å²) in [5.41, 5.74) is 1.19. The molecular weight excluding hydrogens is 182 g/mol. The van der Waals surface area contributed by atoms with Gasteiger partial charge in [-0.15, -0.1) is 6.42 Å². The van der Waals surface area contributed by atoms with Crippen LogP contribution in [0.2, 0.25) is 0 Å². The van der Waals surface area contributed by atoms with E-state index in [-0.39, 0.29) is 0 Å². The quantitative estimate of drug-likeness (QED) is 0.409. The first kappa shape index (κ1) is 9.86. The van der Waals surface area contributed by atoms with E-state index in [0.717, 1.165) is 0 Å². The first-order valence-corrected chi connectivity index (χ1v) is 4.95. The zero-order valence-corrected chi connectivity index (χ0v) is 6.33. The summed E-state index contributed by atoms with van der Waals surface area (Å²) in [7, 11) is -9.49. The van der Waals surface area contributed by atoms with Crippen molar-refractivity contribution in [1.82, 2.24) is 0 Å². The molecule has 0 radical (unpaired) electrons. The minimum Gasteiger partial charge on any atom is -0.315 e. The summed E-state index contributed by atoms with van der Waals surface area (Å²) in [6.45, 7) is 0. The molecule has 0 fully saturated rings. The normalized spacial score (nSPS) is 17.4. The van der Waals surface area contributed by atoms with Crippen LogP contribution >= 0.6 is 15.4 Å². The number of rotatable bonds is 2. The van der Waals surface area contributed by atoms with Crippen molar-refractivity contribution in [2.75, 3.05) is 0 Å². The first-order valence-electron chi connectivity index (χ1n) is 1.84. The lowest BCUT2D eigenvalue weighted by atomic mass is 11.4. The van der Waals surface area contributed by atoms with Crippen LogP contribution in [0.4, 0.5) is 0 Å². The number of phosphoric acid groups is 1. The molecule has 0 spiro atoms. The Kier molecular flexibility index (Phi) is 2.81. The Morgan fingerprint density at radius 1 is 1.30 bits per heavy atom. The van der Waals surface area contributed by atoms with Gasteiger partial charge in [0.15, 0.2) is 0 Å². The predicted molar refractivity (Wildman–Crippen MR) is 31.8 cm³/mol. The van der Waals surface area contributed by atoms with E-state index in [0.29, 0.717) is 0 Å². The minimum absolute atomic E-state index is 1.19. The zero-order chi connectivity index (χ0) is 8.41. The fraction of sp³-hybridized carbons (Fsp3) is 0. The van der Waals surface area contributed by atoms with Crippen LogP contribution in [0.3, 0.4) is 0 Å². The summed E-state index contributed by atoms with van der Waals surface area (Å²) in [5.74, 6) is 0. The van der Waals surface area contributed by atoms with E-state index < -0.39 is 15.4 Å². The van der Waals surface area contributed by atoms with Crippen molar-refractivity contribution in [3.8, 4) is 12.1 Å². The minimum atomic E-state index is -4.96. The molecule has 0 saturated heterocycles. The Bertz CT molecular complexity index is 243. The molecule has 58 valence electrons. The molecule has 3 N–H and O–H groups in total. The van der Waals surface area contributed by atoms with E-state index in [9.17, 15) is 9.13 Å². The molecule has 0 aliphatic carbocycles. The molecule has 0 aromatic carbocycles. The average Bonchev–Trinajstić information content (AvgIpc) is 1.60. The molecule has 0 rings (SSSR count). The van der Waals surface area contributed by atoms with Crippen molar-refractivity contribution < 1.29 is 28.1 Å². The summed E-state index contributed by atoms with van der Waals surface area (Å²) in [6.07, 6.45) is 4.38. The van der Waals surface area contributed by atoms with Gasteiger partial charge in [0.25, 0.3) is 0 Å². The Hall–Kier alpha value is -0.140. The van der Waals surface area contributed by atoms with Crippen molar-refractivity contribution in [2.24, 2.45) is 0 Å². The van der Waals surface area contributed by atoms with Crippen LogP contribution in [0, 0.1) is 12.1 Å². The predicted octanol–water partition coefficient (Wildman–Crippen LogP) is -0.128. The summed E-state index contributed by atoms with van der Waals surface area (Å²) in [6, 6.07) is 0. The highest BCUT2D eigenvalue weighted by Crippen LogP contribution is 2.55. The van der Waals surface area contributed by atoms with Gasteiger partial charge in [0.05, 0.1) is 0 Å². The molecule has 6 nitrogen and oxygen atoms in total. The number of hydrogen-bond donors (Lipinski definition) is 3. The molecule has 0 amide bonds. The van der Waals surface area contributed by atoms with Gasteiger partial charge in [-0.05, 0) is 0 Å². The largest absolute Gasteiger partial charge is 0.477 e. The topological polar surface area (TPSA) is 104 Å². The molecule has 8 heteroatoms. The summed E-state index contributed by atoms with van der Waals surface area (Å²) in [4.78, 5) is 24.2. The van der Waals surface area contributed by atoms with Gasteiger partial charge in [0.1, 0.15) is 0 Å². The maximum Gasteiger partial charge on any atom is 0.477 e. The van der Waals surface area contributed by atoms with Gasteiger partial charge < -0.3 is 14.7 Å². The van der Waals surface area contributed by atoms with Crippen LogP contribution in [0.5, 0.6) is 0 Å². The molecule has 0 bridgehead atoms. The molecule has 1 atom stereocenters. The van der Waals surface area contributed by atoms with Crippen LogP contribution in [-0.4, -0.2) is 14.7 Å². The molecular formula is C2H4O6P2. The zero-order valence-electron chi connectivity index (χ0n) is 4.54. The summed E-state index contributed by atoms with van der Waals surface area (Å²) < 4.78 is 23.4. The Labute approximate surface area is 56.6 Å². The lowest BCUT2D eigenvalue weighted by Gasteiger charge is -2.04. The van der Waals surface area contributed by atoms with E-state index in [1.54, 1.807) is 0 Å². The van der Waals surface area contributed by atoms with Gasteiger partial charge in [-0.25, -0.2) is 9.13 Å². The van der Waals surface area contributed by atoms with Gasteiger partial charge in [0.2, 0.25) is 0 Å². The van der Waals surface area contributed by atoms with Gasteiger partial charge >= 0.3 is 15.4 Å². The van der Waals surface area contributed by atoms with Crippen LogP contribution in [-0.2, 0) is 13.4 Å². The van der Waals surface area contributed by atoms with Crippen molar-refractivity contribution >= 4 is 15.4 Å². The highest BCUT2D eigenvalue weighted by molar-refractivity contribution is 7.67. The molecule has 0 aliphatic rings. The lowest BCUT2D eigenvalue weighted by Crippen LogP contribution is -1.83. The standard InChI is InChI=1S/C2H4O6P2/c1-2-9(3,4)8-10(5,6)7/h1H,(H,3,4)(H2,5,6,7). The van der Waals surface area contributed by atoms with Crippen LogP contribution in [0.15, 0.2) is 0 Å².